The molecule has 314 valence electrons. The van der Waals surface area contributed by atoms with Crippen LogP contribution in [-0.4, -0.2) is 94.4 Å². The molecule has 2 amide bonds. The van der Waals surface area contributed by atoms with E-state index in [0.29, 0.717) is 54.8 Å². The topological polar surface area (TPSA) is 191 Å². The zero-order chi connectivity index (χ0) is 41.1. The number of thioether (sulfide) groups is 1. The summed E-state index contributed by atoms with van der Waals surface area (Å²) in [6, 6.07) is -0.742. The maximum absolute atomic E-state index is 13.7. The van der Waals surface area contributed by atoms with E-state index in [1.54, 1.807) is 6.92 Å². The van der Waals surface area contributed by atoms with Crippen LogP contribution in [0.15, 0.2) is 16.4 Å². The van der Waals surface area contributed by atoms with E-state index in [1.165, 1.54) is 29.5 Å². The van der Waals surface area contributed by atoms with Crippen LogP contribution in [0, 0.1) is 64.6 Å². The van der Waals surface area contributed by atoms with Crippen LogP contribution in [0.2, 0.25) is 0 Å². The minimum absolute atomic E-state index is 0.0286. The van der Waals surface area contributed by atoms with Gasteiger partial charge >= 0.3 is 5.97 Å². The number of rotatable bonds is 17. The van der Waals surface area contributed by atoms with Crippen molar-refractivity contribution in [2.24, 2.45) is 57.4 Å². The van der Waals surface area contributed by atoms with Gasteiger partial charge in [0.25, 0.3) is 5.91 Å². The summed E-state index contributed by atoms with van der Waals surface area (Å²) < 4.78 is 10.5. The minimum atomic E-state index is -0.742. The number of ether oxygens (including phenoxy) is 2. The molecular weight excluding hydrogens is 747 g/mol. The van der Waals surface area contributed by atoms with Crippen molar-refractivity contribution in [2.45, 2.75) is 135 Å². The first-order valence-electron chi connectivity index (χ1n) is 21.2. The second-order valence-corrected chi connectivity index (χ2v) is 19.5. The molecule has 0 radical (unpaired) electrons. The summed E-state index contributed by atoms with van der Waals surface area (Å²) in [4.78, 5) is 57.5. The molecule has 2 aliphatic heterocycles. The standard InChI is InChI=1S/C43H63N5O8S/c1-6-7-16-55-17-18-56-37(53)20-27(23-45-47-44)19-34(50)39-26(3)24-57-41-38(40(54)48(39)41)46-36(52)13-8-25(2)31-11-12-32-30-10-9-28-21-29(49)14-15-42(28,4)33(30)22-35(51)43(31,32)5/h1,25,27-33,35,38,41,49,51H,7-24H2,2-5H3,(H,46,52). The molecule has 13 atom stereocenters. The average Bonchev–Trinajstić information content (AvgIpc) is 3.55. The number of amides is 2. The molecule has 1 saturated heterocycles. The Morgan fingerprint density at radius 2 is 1.89 bits per heavy atom. The van der Waals surface area contributed by atoms with Crippen molar-refractivity contribution in [3.63, 3.8) is 0 Å². The number of azide groups is 1. The Morgan fingerprint density at radius 1 is 1.11 bits per heavy atom. The molecule has 14 heteroatoms. The van der Waals surface area contributed by atoms with Crippen LogP contribution in [0.5, 0.6) is 0 Å². The van der Waals surface area contributed by atoms with Crippen LogP contribution < -0.4 is 5.32 Å². The maximum Gasteiger partial charge on any atom is 0.306 e. The van der Waals surface area contributed by atoms with Gasteiger partial charge in [0.05, 0.1) is 31.1 Å². The number of nitrogens with one attached hydrogen (secondary N) is 1. The molecule has 0 bridgehead atoms. The largest absolute Gasteiger partial charge is 0.463 e. The van der Waals surface area contributed by atoms with Crippen LogP contribution in [0.3, 0.4) is 0 Å². The highest BCUT2D eigenvalue weighted by Crippen LogP contribution is 2.68. The zero-order valence-corrected chi connectivity index (χ0v) is 35.0. The number of esters is 1. The fourth-order valence-corrected chi connectivity index (χ4v) is 13.6. The molecule has 4 aliphatic carbocycles. The maximum atomic E-state index is 13.7. The summed E-state index contributed by atoms with van der Waals surface area (Å²) in [6.45, 7) is 9.26. The third-order valence-electron chi connectivity index (χ3n) is 15.3. The second-order valence-electron chi connectivity index (χ2n) is 18.4. The highest BCUT2D eigenvalue weighted by molar-refractivity contribution is 8.00. The van der Waals surface area contributed by atoms with Gasteiger partial charge in [-0.25, -0.2) is 0 Å². The van der Waals surface area contributed by atoms with Crippen LogP contribution in [-0.2, 0) is 28.7 Å². The molecule has 6 aliphatic rings. The van der Waals surface area contributed by atoms with Crippen molar-refractivity contribution in [2.75, 3.05) is 32.1 Å². The molecule has 0 aromatic heterocycles. The Hall–Kier alpha value is -3.08. The second kappa shape index (κ2) is 18.5. The van der Waals surface area contributed by atoms with Crippen molar-refractivity contribution in [3.05, 3.63) is 21.7 Å². The minimum Gasteiger partial charge on any atom is -0.463 e. The number of carbonyl (C=O) groups is 4. The lowest BCUT2D eigenvalue weighted by molar-refractivity contribution is -0.175. The van der Waals surface area contributed by atoms with E-state index in [-0.39, 0.29) is 91.3 Å². The Balaban J connectivity index is 1.000. The number of nitrogens with zero attached hydrogens (tertiary/aromatic N) is 4. The van der Waals surface area contributed by atoms with Crippen LogP contribution in [0.4, 0.5) is 0 Å². The predicted octanol–water partition coefficient (Wildman–Crippen LogP) is 5.93. The Kier molecular flexibility index (Phi) is 14.1. The monoisotopic (exact) mass is 809 g/mol. The lowest BCUT2D eigenvalue weighted by Crippen LogP contribution is -2.70. The SMILES string of the molecule is C#CCCOCCOC(=O)CC(CN=[N+]=[N-])CC(=O)C1=C(C)CSC2C(NC(=O)CCC(C)C3CCC4C5CCC6CC(O)CCC6(C)C5CC(O)C34C)C(=O)N12. The Morgan fingerprint density at radius 3 is 2.65 bits per heavy atom. The number of hydrogen-bond acceptors (Lipinski definition) is 10. The molecule has 0 spiro atoms. The summed E-state index contributed by atoms with van der Waals surface area (Å²) in [5, 5.41) is 28.5. The molecule has 4 saturated carbocycles. The van der Waals surface area contributed by atoms with Gasteiger partial charge in [-0.2, -0.15) is 0 Å². The third kappa shape index (κ3) is 8.79. The lowest BCUT2D eigenvalue weighted by Gasteiger charge is -2.62. The molecule has 13 unspecified atom stereocenters. The fraction of sp³-hybridized carbons (Fsp3) is 0.814. The van der Waals surface area contributed by atoms with Crippen LogP contribution in [0.25, 0.3) is 10.4 Å². The molecule has 0 aromatic carbocycles. The van der Waals surface area contributed by atoms with Gasteiger partial charge in [-0.1, -0.05) is 25.9 Å². The highest BCUT2D eigenvalue weighted by atomic mass is 32.2. The third-order valence-corrected chi connectivity index (χ3v) is 16.7. The van der Waals surface area contributed by atoms with E-state index in [1.807, 2.05) is 0 Å². The first-order valence-corrected chi connectivity index (χ1v) is 22.3. The first kappa shape index (κ1) is 43.5. The van der Waals surface area contributed by atoms with E-state index >= 15 is 0 Å². The number of allylic oxidation sites excluding steroid dienone is 1. The zero-order valence-electron chi connectivity index (χ0n) is 34.2. The van der Waals surface area contributed by atoms with E-state index in [4.69, 9.17) is 21.4 Å². The predicted molar refractivity (Wildman–Crippen MR) is 216 cm³/mol. The highest BCUT2D eigenvalue weighted by Gasteiger charge is 2.64. The Labute approximate surface area is 341 Å². The van der Waals surface area contributed by atoms with Crippen molar-refractivity contribution >= 4 is 35.3 Å². The molecule has 5 fully saturated rings. The normalized spacial score (nSPS) is 36.5. The molecule has 2 heterocycles. The number of aliphatic hydroxyl groups excluding tert-OH is 2. The number of hydrogen-bond donors (Lipinski definition) is 3. The van der Waals surface area contributed by atoms with Crippen LogP contribution >= 0.6 is 11.8 Å². The fourth-order valence-electron chi connectivity index (χ4n) is 12.3. The number of Topliss-reactive ketones (excluding diaryl/α,β-unsaturated/α-hetero) is 1. The van der Waals surface area contributed by atoms with Gasteiger partial charge in [-0.3, -0.25) is 24.1 Å². The van der Waals surface area contributed by atoms with Gasteiger partial charge in [-0.05, 0) is 128 Å². The van der Waals surface area contributed by atoms with Crippen molar-refractivity contribution in [1.82, 2.24) is 10.2 Å². The van der Waals surface area contributed by atoms with Gasteiger partial charge in [0.1, 0.15) is 18.0 Å². The summed E-state index contributed by atoms with van der Waals surface area (Å²) >= 11 is 1.50. The number of carbonyl (C=O) groups excluding carboxylic acids is 4. The quantitative estimate of drug-likeness (QED) is 0.0304. The number of ketones is 1. The van der Waals surface area contributed by atoms with Gasteiger partial charge in [0, 0.05) is 42.9 Å². The summed E-state index contributed by atoms with van der Waals surface area (Å²) in [5.41, 5.74) is 9.94. The Bertz CT molecular complexity index is 1660. The number of β-lactam (4-membered cyclic amide) rings is 1. The summed E-state index contributed by atoms with van der Waals surface area (Å²) in [5.74, 6) is 3.57. The molecule has 6 rings (SSSR count). The first-order chi connectivity index (χ1) is 27.2. The lowest BCUT2D eigenvalue weighted by atomic mass is 9.43. The number of fused-ring (bicyclic) bond motifs is 6. The molecule has 57 heavy (non-hydrogen) atoms. The van der Waals surface area contributed by atoms with E-state index in [9.17, 15) is 29.4 Å². The van der Waals surface area contributed by atoms with Gasteiger partial charge in [0.15, 0.2) is 5.78 Å². The molecular formula is C43H63N5O8S. The van der Waals surface area contributed by atoms with Gasteiger partial charge in [0.2, 0.25) is 5.91 Å². The van der Waals surface area contributed by atoms with E-state index < -0.39 is 23.3 Å². The average molecular weight is 810 g/mol. The molecule has 3 N–H and O–H groups in total. The van der Waals surface area contributed by atoms with E-state index in [0.717, 1.165) is 44.1 Å². The van der Waals surface area contributed by atoms with E-state index in [2.05, 4.69) is 42.0 Å². The van der Waals surface area contributed by atoms with Crippen LogP contribution in [0.1, 0.15) is 111 Å². The smallest absolute Gasteiger partial charge is 0.306 e. The summed E-state index contributed by atoms with van der Waals surface area (Å²) in [6.07, 6.45) is 13.9. The van der Waals surface area contributed by atoms with Gasteiger partial charge in [-0.15, -0.1) is 24.1 Å². The molecule has 13 nitrogen and oxygen atoms in total. The van der Waals surface area contributed by atoms with Crippen molar-refractivity contribution < 1.29 is 38.9 Å². The number of terminal acetylenes is 1. The van der Waals surface area contributed by atoms with Gasteiger partial charge < -0.3 is 25.0 Å². The molecule has 0 aromatic rings. The summed E-state index contributed by atoms with van der Waals surface area (Å²) in [7, 11) is 0. The van der Waals surface area contributed by atoms with Crippen molar-refractivity contribution in [3.8, 4) is 12.3 Å². The van der Waals surface area contributed by atoms with Crippen molar-refractivity contribution in [1.29, 1.82) is 0 Å². The number of aliphatic hydroxyl groups is 2.